The van der Waals surface area contributed by atoms with Crippen molar-refractivity contribution in [1.82, 2.24) is 14.5 Å². The van der Waals surface area contributed by atoms with Gasteiger partial charge in [-0.05, 0) is 38.1 Å². The summed E-state index contributed by atoms with van der Waals surface area (Å²) in [6, 6.07) is 5.86. The summed E-state index contributed by atoms with van der Waals surface area (Å²) in [5, 5.41) is -0.0895. The molecule has 138 valence electrons. The van der Waals surface area contributed by atoms with Gasteiger partial charge in [-0.3, -0.25) is 4.79 Å². The van der Waals surface area contributed by atoms with Crippen LogP contribution < -0.4 is 10.3 Å². The average molecular weight is 382 g/mol. The van der Waals surface area contributed by atoms with E-state index in [9.17, 15) is 4.79 Å². The van der Waals surface area contributed by atoms with Crippen LogP contribution in [0.25, 0.3) is 22.2 Å². The minimum Gasteiger partial charge on any atom is -0.459 e. The van der Waals surface area contributed by atoms with Crippen LogP contribution in [0.15, 0.2) is 53.2 Å². The second-order valence-electron chi connectivity index (χ2n) is 6.83. The maximum Gasteiger partial charge on any atom is 0.253 e. The van der Waals surface area contributed by atoms with E-state index in [0.29, 0.717) is 17.7 Å². The van der Waals surface area contributed by atoms with Gasteiger partial charge < -0.3 is 14.3 Å². The average Bonchev–Trinajstić information content (AvgIpc) is 3.00. The number of fused-ring (bicyclic) bond motifs is 1. The molecule has 1 aromatic carbocycles. The first-order valence-electron chi connectivity index (χ1n) is 8.78. The van der Waals surface area contributed by atoms with Crippen molar-refractivity contribution in [3.8, 4) is 16.9 Å². The highest BCUT2D eigenvalue weighted by Gasteiger charge is 2.19. The van der Waals surface area contributed by atoms with E-state index in [1.807, 2.05) is 56.5 Å². The van der Waals surface area contributed by atoms with Gasteiger partial charge in [0.25, 0.3) is 5.56 Å². The quantitative estimate of drug-likeness (QED) is 0.685. The lowest BCUT2D eigenvalue weighted by Gasteiger charge is -2.18. The minimum atomic E-state index is -0.0895. The van der Waals surface area contributed by atoms with E-state index in [-0.39, 0.29) is 10.9 Å². The molecule has 0 fully saturated rings. The van der Waals surface area contributed by atoms with Crippen LogP contribution >= 0.6 is 11.6 Å². The van der Waals surface area contributed by atoms with Crippen molar-refractivity contribution in [3.63, 3.8) is 0 Å². The zero-order chi connectivity index (χ0) is 19.1. The molecule has 0 spiro atoms. The predicted octanol–water partition coefficient (Wildman–Crippen LogP) is 4.38. The number of halogens is 1. The van der Waals surface area contributed by atoms with E-state index in [1.165, 1.54) is 0 Å². The molecule has 1 aliphatic rings. The molecular weight excluding hydrogens is 362 g/mol. The summed E-state index contributed by atoms with van der Waals surface area (Å²) < 4.78 is 7.89. The van der Waals surface area contributed by atoms with Gasteiger partial charge in [0, 0.05) is 36.4 Å². The lowest BCUT2D eigenvalue weighted by atomic mass is 10.0. The van der Waals surface area contributed by atoms with Crippen LogP contribution in [0.3, 0.4) is 0 Å². The number of hydrogen-bond donors (Lipinski definition) is 1. The number of nitrogens with one attached hydrogen (secondary N) is 1. The Kier molecular flexibility index (Phi) is 4.40. The van der Waals surface area contributed by atoms with Crippen LogP contribution in [0.5, 0.6) is 5.75 Å². The second-order valence-corrected chi connectivity index (χ2v) is 7.39. The normalized spacial score (nSPS) is 16.6. The van der Waals surface area contributed by atoms with Gasteiger partial charge in [0.2, 0.25) is 0 Å². The first kappa shape index (κ1) is 17.6. The Balaban J connectivity index is 1.91. The van der Waals surface area contributed by atoms with Crippen LogP contribution in [0, 0.1) is 13.8 Å². The Morgan fingerprint density at radius 3 is 2.89 bits per heavy atom. The SMILES string of the molecule is Cc1nc2c(OC3=CC=CC(Cl)C3)c(-c3cc(C)c(=O)n(C)c3)ccc2[nH]1. The number of rotatable bonds is 3. The number of ether oxygens (including phenoxy) is 1. The van der Waals surface area contributed by atoms with Gasteiger partial charge in [-0.1, -0.05) is 12.2 Å². The summed E-state index contributed by atoms with van der Waals surface area (Å²) in [5.74, 6) is 2.27. The number of allylic oxidation sites excluding steroid dienone is 4. The summed E-state index contributed by atoms with van der Waals surface area (Å²) in [6.45, 7) is 3.73. The molecule has 1 atom stereocenters. The van der Waals surface area contributed by atoms with E-state index in [4.69, 9.17) is 16.3 Å². The van der Waals surface area contributed by atoms with Crippen LogP contribution in [0.2, 0.25) is 0 Å². The van der Waals surface area contributed by atoms with E-state index in [0.717, 1.165) is 33.7 Å². The van der Waals surface area contributed by atoms with Gasteiger partial charge in [-0.15, -0.1) is 11.6 Å². The zero-order valence-corrected chi connectivity index (χ0v) is 16.2. The van der Waals surface area contributed by atoms with Crippen LogP contribution in [0.4, 0.5) is 0 Å². The standard InChI is InChI=1S/C21H20ClN3O2/c1-12-9-14(11-25(3)21(12)26)17-7-8-18-19(24-13(2)23-18)20(17)27-16-6-4-5-15(22)10-16/h4-9,11,15H,10H2,1-3H3,(H,23,24). The molecule has 0 radical (unpaired) electrons. The Morgan fingerprint density at radius 1 is 1.33 bits per heavy atom. The number of hydrogen-bond acceptors (Lipinski definition) is 3. The van der Waals surface area contributed by atoms with E-state index in [1.54, 1.807) is 11.6 Å². The molecule has 1 unspecified atom stereocenters. The molecule has 0 aliphatic heterocycles. The zero-order valence-electron chi connectivity index (χ0n) is 15.4. The van der Waals surface area contributed by atoms with Crippen LogP contribution in [-0.2, 0) is 7.05 Å². The number of alkyl halides is 1. The lowest BCUT2D eigenvalue weighted by Crippen LogP contribution is -2.18. The number of aryl methyl sites for hydroxylation is 3. The maximum atomic E-state index is 12.1. The summed E-state index contributed by atoms with van der Waals surface area (Å²) in [7, 11) is 1.75. The van der Waals surface area contributed by atoms with Gasteiger partial charge in [-0.2, -0.15) is 0 Å². The molecule has 0 saturated carbocycles. The molecule has 2 aromatic heterocycles. The van der Waals surface area contributed by atoms with Crippen molar-refractivity contribution in [1.29, 1.82) is 0 Å². The largest absolute Gasteiger partial charge is 0.459 e. The fourth-order valence-corrected chi connectivity index (χ4v) is 3.58. The van der Waals surface area contributed by atoms with Crippen molar-refractivity contribution < 1.29 is 4.74 Å². The summed E-state index contributed by atoms with van der Waals surface area (Å²) in [6.07, 6.45) is 8.20. The maximum absolute atomic E-state index is 12.1. The number of aromatic nitrogens is 3. The van der Waals surface area contributed by atoms with Crippen molar-refractivity contribution in [2.45, 2.75) is 25.6 Å². The fourth-order valence-electron chi connectivity index (χ4n) is 3.35. The lowest BCUT2D eigenvalue weighted by molar-refractivity contribution is 0.408. The number of aromatic amines is 1. The fraction of sp³-hybridized carbons (Fsp3) is 0.238. The Labute approximate surface area is 162 Å². The van der Waals surface area contributed by atoms with Gasteiger partial charge in [0.1, 0.15) is 17.1 Å². The van der Waals surface area contributed by atoms with Gasteiger partial charge >= 0.3 is 0 Å². The topological polar surface area (TPSA) is 59.9 Å². The summed E-state index contributed by atoms with van der Waals surface area (Å²) in [4.78, 5) is 20.0. The monoisotopic (exact) mass is 381 g/mol. The van der Waals surface area contributed by atoms with E-state index in [2.05, 4.69) is 9.97 Å². The van der Waals surface area contributed by atoms with E-state index >= 15 is 0 Å². The molecule has 1 N–H and O–H groups in total. The van der Waals surface area contributed by atoms with Crippen molar-refractivity contribution >= 4 is 22.6 Å². The first-order valence-corrected chi connectivity index (χ1v) is 9.22. The van der Waals surface area contributed by atoms with E-state index < -0.39 is 0 Å². The Hall–Kier alpha value is -2.79. The molecule has 6 heteroatoms. The highest BCUT2D eigenvalue weighted by atomic mass is 35.5. The third-order valence-electron chi connectivity index (χ3n) is 4.63. The van der Waals surface area contributed by atoms with Gasteiger partial charge in [-0.25, -0.2) is 4.98 Å². The van der Waals surface area contributed by atoms with Crippen LogP contribution in [0.1, 0.15) is 17.8 Å². The Bertz CT molecular complexity index is 1130. The molecule has 5 nitrogen and oxygen atoms in total. The smallest absolute Gasteiger partial charge is 0.253 e. The van der Waals surface area contributed by atoms with Crippen molar-refractivity contribution in [3.05, 3.63) is 70.1 Å². The number of imidazole rings is 1. The molecule has 27 heavy (non-hydrogen) atoms. The number of nitrogens with zero attached hydrogens (tertiary/aromatic N) is 2. The number of H-pyrrole nitrogens is 1. The van der Waals surface area contributed by atoms with Gasteiger partial charge in [0.05, 0.1) is 10.9 Å². The molecule has 0 bridgehead atoms. The molecule has 3 aromatic rings. The molecule has 2 heterocycles. The third kappa shape index (κ3) is 3.30. The van der Waals surface area contributed by atoms with Crippen molar-refractivity contribution in [2.24, 2.45) is 7.05 Å². The Morgan fingerprint density at radius 2 is 2.15 bits per heavy atom. The van der Waals surface area contributed by atoms with Crippen LogP contribution in [-0.4, -0.2) is 19.9 Å². The first-order chi connectivity index (χ1) is 12.9. The summed E-state index contributed by atoms with van der Waals surface area (Å²) >= 11 is 6.25. The molecule has 4 rings (SSSR count). The predicted molar refractivity (Wildman–Crippen MR) is 108 cm³/mol. The summed E-state index contributed by atoms with van der Waals surface area (Å²) in [5.41, 5.74) is 4.12. The number of pyridine rings is 1. The highest BCUT2D eigenvalue weighted by Crippen LogP contribution is 2.38. The van der Waals surface area contributed by atoms with Crippen molar-refractivity contribution in [2.75, 3.05) is 0 Å². The second kappa shape index (κ2) is 6.74. The molecule has 0 saturated heterocycles. The number of benzene rings is 1. The van der Waals surface area contributed by atoms with Gasteiger partial charge in [0.15, 0.2) is 5.75 Å². The molecular formula is C21H20ClN3O2. The molecule has 1 aliphatic carbocycles. The minimum absolute atomic E-state index is 0.0111. The third-order valence-corrected chi connectivity index (χ3v) is 4.93. The highest BCUT2D eigenvalue weighted by molar-refractivity contribution is 6.22. The molecule has 0 amide bonds.